The number of aliphatic hydroxyl groups excluding tert-OH is 1. The van der Waals surface area contributed by atoms with Gasteiger partial charge in [-0.1, -0.05) is 24.3 Å². The first-order valence-corrected chi connectivity index (χ1v) is 24.8. The average Bonchev–Trinajstić information content (AvgIpc) is 3.63. The number of imide groups is 2. The molecule has 6 aliphatic heterocycles. The van der Waals surface area contributed by atoms with Gasteiger partial charge in [0.1, 0.15) is 23.9 Å². The van der Waals surface area contributed by atoms with Crippen LogP contribution < -0.4 is 25.8 Å². The summed E-state index contributed by atoms with van der Waals surface area (Å²) < 4.78 is 0. The number of likely N-dealkylation sites (tertiary alicyclic amines) is 1. The van der Waals surface area contributed by atoms with Crippen molar-refractivity contribution in [2.24, 2.45) is 5.92 Å². The van der Waals surface area contributed by atoms with E-state index in [9.17, 15) is 33.9 Å². The predicted octanol–water partition coefficient (Wildman–Crippen LogP) is 2.78. The lowest BCUT2D eigenvalue weighted by atomic mass is 9.95. The average molecular weight is 952 g/mol. The Labute approximate surface area is 407 Å². The number of amides is 6. The SMILES string of the molecule is O=C1CCC(N2C(=O)c3ccc(N4CCC(CN5CCN(c6ccc(C(=O)N7CCC(Nc8cc(C(=O)NC[C@H](O)CN9CCc%10ccccc%10C9)ncn8)CC7)cc6)CC5)CC4)cc3C2=O)C(=O)N1. The highest BCUT2D eigenvalue weighted by Gasteiger charge is 2.45. The fourth-order valence-electron chi connectivity index (χ4n) is 11.0. The number of aliphatic hydroxyl groups is 1. The molecule has 1 unspecified atom stereocenters. The number of hydrogen-bond acceptors (Lipinski definition) is 14. The van der Waals surface area contributed by atoms with Crippen molar-refractivity contribution in [3.8, 4) is 0 Å². The van der Waals surface area contributed by atoms with Gasteiger partial charge in [-0.3, -0.25) is 48.8 Å². The van der Waals surface area contributed by atoms with Crippen LogP contribution in [0.1, 0.15) is 91.2 Å². The van der Waals surface area contributed by atoms with Gasteiger partial charge in [-0.25, -0.2) is 9.97 Å². The third-order valence-corrected chi connectivity index (χ3v) is 15.0. The molecule has 4 fully saturated rings. The molecule has 4 aromatic rings. The summed E-state index contributed by atoms with van der Waals surface area (Å²) in [6, 6.07) is 22.4. The minimum absolute atomic E-state index is 0.0188. The number of hydrogen-bond donors (Lipinski definition) is 4. The number of aromatic nitrogens is 2. The molecule has 0 bridgehead atoms. The van der Waals surface area contributed by atoms with Gasteiger partial charge in [0, 0.05) is 121 Å². The van der Waals surface area contributed by atoms with Gasteiger partial charge in [-0.05, 0) is 98.0 Å². The summed E-state index contributed by atoms with van der Waals surface area (Å²) in [6.07, 6.45) is 5.33. The van der Waals surface area contributed by atoms with Crippen LogP contribution in [0.5, 0.6) is 0 Å². The maximum absolute atomic E-state index is 13.6. The van der Waals surface area contributed by atoms with Crippen LogP contribution in [0.4, 0.5) is 17.2 Å². The van der Waals surface area contributed by atoms with Crippen LogP contribution in [-0.4, -0.2) is 167 Å². The van der Waals surface area contributed by atoms with E-state index in [2.05, 4.69) is 75.8 Å². The largest absolute Gasteiger partial charge is 0.390 e. The van der Waals surface area contributed by atoms with Gasteiger partial charge in [-0.15, -0.1) is 0 Å². The van der Waals surface area contributed by atoms with Crippen molar-refractivity contribution in [1.29, 1.82) is 0 Å². The molecule has 18 heteroatoms. The number of carbonyl (C=O) groups excluding carboxylic acids is 6. The second-order valence-corrected chi connectivity index (χ2v) is 19.6. The second-order valence-electron chi connectivity index (χ2n) is 19.6. The molecular formula is C52H61N11O7. The number of nitrogens with zero attached hydrogens (tertiary/aromatic N) is 8. The molecule has 4 N–H and O–H groups in total. The fourth-order valence-corrected chi connectivity index (χ4v) is 11.0. The van der Waals surface area contributed by atoms with Crippen molar-refractivity contribution in [1.82, 2.24) is 40.2 Å². The monoisotopic (exact) mass is 951 g/mol. The van der Waals surface area contributed by atoms with E-state index < -0.39 is 35.8 Å². The number of benzene rings is 3. The summed E-state index contributed by atoms with van der Waals surface area (Å²) in [4.78, 5) is 98.1. The van der Waals surface area contributed by atoms with E-state index in [4.69, 9.17) is 0 Å². The van der Waals surface area contributed by atoms with Crippen molar-refractivity contribution < 1.29 is 33.9 Å². The zero-order chi connectivity index (χ0) is 48.3. The van der Waals surface area contributed by atoms with Gasteiger partial charge >= 0.3 is 0 Å². The predicted molar refractivity (Wildman–Crippen MR) is 261 cm³/mol. The zero-order valence-corrected chi connectivity index (χ0v) is 39.4. The summed E-state index contributed by atoms with van der Waals surface area (Å²) in [6.45, 7) is 9.88. The third-order valence-electron chi connectivity index (χ3n) is 15.0. The lowest BCUT2D eigenvalue weighted by Crippen LogP contribution is -2.54. The first kappa shape index (κ1) is 46.9. The van der Waals surface area contributed by atoms with E-state index in [0.717, 1.165) is 107 Å². The molecule has 6 aliphatic rings. The van der Waals surface area contributed by atoms with E-state index in [1.807, 2.05) is 29.2 Å². The van der Waals surface area contributed by atoms with E-state index in [-0.39, 0.29) is 42.9 Å². The molecule has 0 saturated carbocycles. The van der Waals surface area contributed by atoms with Crippen molar-refractivity contribution in [3.63, 3.8) is 0 Å². The van der Waals surface area contributed by atoms with Crippen molar-refractivity contribution in [3.05, 3.63) is 113 Å². The Morgan fingerprint density at radius 3 is 2.19 bits per heavy atom. The normalized spacial score (nSPS) is 21.1. The van der Waals surface area contributed by atoms with Crippen LogP contribution in [0.25, 0.3) is 0 Å². The molecule has 366 valence electrons. The lowest BCUT2D eigenvalue weighted by Gasteiger charge is -2.40. The lowest BCUT2D eigenvalue weighted by molar-refractivity contribution is -0.136. The summed E-state index contributed by atoms with van der Waals surface area (Å²) >= 11 is 0. The highest BCUT2D eigenvalue weighted by Crippen LogP contribution is 2.33. The van der Waals surface area contributed by atoms with Gasteiger partial charge in [0.05, 0.1) is 17.2 Å². The van der Waals surface area contributed by atoms with Crippen LogP contribution in [0.15, 0.2) is 79.1 Å². The maximum Gasteiger partial charge on any atom is 0.270 e. The van der Waals surface area contributed by atoms with Gasteiger partial charge < -0.3 is 30.4 Å². The molecule has 6 amide bonds. The number of carbonyl (C=O) groups is 6. The molecule has 0 aliphatic carbocycles. The number of anilines is 3. The zero-order valence-electron chi connectivity index (χ0n) is 39.4. The minimum atomic E-state index is -0.977. The Balaban J connectivity index is 0.624. The number of rotatable bonds is 13. The Hall–Kier alpha value is -6.76. The van der Waals surface area contributed by atoms with E-state index in [0.29, 0.717) is 48.1 Å². The Morgan fingerprint density at radius 2 is 1.43 bits per heavy atom. The van der Waals surface area contributed by atoms with Gasteiger partial charge in [-0.2, -0.15) is 0 Å². The van der Waals surface area contributed by atoms with E-state index in [1.54, 1.807) is 18.2 Å². The van der Waals surface area contributed by atoms with Crippen molar-refractivity contribution in [2.45, 2.75) is 69.7 Å². The molecule has 18 nitrogen and oxygen atoms in total. The smallest absolute Gasteiger partial charge is 0.270 e. The summed E-state index contributed by atoms with van der Waals surface area (Å²) in [5, 5.41) is 19.2. The van der Waals surface area contributed by atoms with Crippen molar-refractivity contribution >= 4 is 52.6 Å². The molecule has 2 atom stereocenters. The summed E-state index contributed by atoms with van der Waals surface area (Å²) in [5.74, 6) is -1.23. The molecule has 7 heterocycles. The third kappa shape index (κ3) is 10.4. The van der Waals surface area contributed by atoms with Crippen LogP contribution >= 0.6 is 0 Å². The molecule has 4 saturated heterocycles. The number of piperazine rings is 1. The minimum Gasteiger partial charge on any atom is -0.390 e. The Morgan fingerprint density at radius 1 is 0.714 bits per heavy atom. The molecule has 1 aromatic heterocycles. The maximum atomic E-state index is 13.6. The Bertz CT molecular complexity index is 2620. The number of nitrogens with one attached hydrogen (secondary N) is 3. The van der Waals surface area contributed by atoms with E-state index >= 15 is 0 Å². The highest BCUT2D eigenvalue weighted by atomic mass is 16.3. The molecule has 0 radical (unpaired) electrons. The Kier molecular flexibility index (Phi) is 13.9. The quantitative estimate of drug-likeness (QED) is 0.143. The van der Waals surface area contributed by atoms with Crippen molar-refractivity contribution in [2.75, 3.05) is 93.7 Å². The summed E-state index contributed by atoms with van der Waals surface area (Å²) in [7, 11) is 0. The first-order chi connectivity index (χ1) is 34.0. The van der Waals surface area contributed by atoms with Gasteiger partial charge in [0.25, 0.3) is 23.6 Å². The summed E-state index contributed by atoms with van der Waals surface area (Å²) in [5.41, 5.74) is 6.14. The topological polar surface area (TPSA) is 204 Å². The molecule has 0 spiro atoms. The van der Waals surface area contributed by atoms with Gasteiger partial charge in [0.15, 0.2) is 0 Å². The molecule has 3 aromatic carbocycles. The fraction of sp³-hybridized carbons (Fsp3) is 0.462. The molecule has 70 heavy (non-hydrogen) atoms. The standard InChI is InChI=1S/C52H61N11O7/c64-41(32-59-18-15-35-3-1-2-4-37(35)31-59)29-53-48(66)44-28-46(55-33-54-44)56-38-16-21-62(22-17-38)50(68)36-5-7-39(8-6-36)61-25-23-58(24-26-61)30-34-13-19-60(20-14-34)40-9-10-42-43(27-40)52(70)63(51(42)69)45-11-12-47(65)57-49(45)67/h1-10,27-28,33-34,38,41,45,64H,11-26,29-32H2,(H,53,66)(H,54,55,56)(H,57,65,67)/t41-,45?/m0/s1. The number of piperidine rings is 3. The van der Waals surface area contributed by atoms with Gasteiger partial charge in [0.2, 0.25) is 11.8 Å². The van der Waals surface area contributed by atoms with E-state index in [1.165, 1.54) is 17.5 Å². The highest BCUT2D eigenvalue weighted by molar-refractivity contribution is 6.23. The van der Waals surface area contributed by atoms with Crippen LogP contribution in [0.3, 0.4) is 0 Å². The second kappa shape index (κ2) is 20.7. The van der Waals surface area contributed by atoms with Crippen LogP contribution in [0, 0.1) is 5.92 Å². The van der Waals surface area contributed by atoms with Crippen LogP contribution in [0.2, 0.25) is 0 Å². The first-order valence-electron chi connectivity index (χ1n) is 24.8. The number of β-amino-alcohol motifs (C(OH)–C–C–N with tert-alkyl or cyclic N) is 1. The number of fused-ring (bicyclic) bond motifs is 2. The molecular weight excluding hydrogens is 891 g/mol. The molecule has 10 rings (SSSR count). The van der Waals surface area contributed by atoms with Crippen LogP contribution in [-0.2, 0) is 22.6 Å².